The van der Waals surface area contributed by atoms with Gasteiger partial charge in [-0.25, -0.2) is 0 Å². The zero-order chi connectivity index (χ0) is 10.9. The average molecular weight is 288 g/mol. The van der Waals surface area contributed by atoms with Crippen molar-refractivity contribution in [3.05, 3.63) is 34.9 Å². The third-order valence-electron chi connectivity index (χ3n) is 3.25. The van der Waals surface area contributed by atoms with Crippen LogP contribution in [0, 0.1) is 5.92 Å². The van der Waals surface area contributed by atoms with Gasteiger partial charge in [0, 0.05) is 21.7 Å². The number of aldehydes is 1. The Kier molecular flexibility index (Phi) is 3.17. The second kappa shape index (κ2) is 4.26. The summed E-state index contributed by atoms with van der Waals surface area (Å²) < 4.78 is 0. The van der Waals surface area contributed by atoms with Gasteiger partial charge < -0.3 is 4.79 Å². The molecule has 0 amide bonds. The molecule has 0 spiro atoms. The Labute approximate surface area is 103 Å². The zero-order valence-electron chi connectivity index (χ0n) is 8.25. The summed E-state index contributed by atoms with van der Waals surface area (Å²) in [6, 6.07) is 7.86. The van der Waals surface area contributed by atoms with Gasteiger partial charge in [-0.15, -0.1) is 0 Å². The highest BCUT2D eigenvalue weighted by atomic mass is 79.9. The molecule has 0 aromatic heterocycles. The molecule has 1 aromatic rings. The van der Waals surface area contributed by atoms with Gasteiger partial charge in [0.2, 0.25) is 0 Å². The number of alkyl halides is 1. The monoisotopic (exact) mass is 286 g/mol. The quantitative estimate of drug-likeness (QED) is 0.611. The van der Waals surface area contributed by atoms with E-state index < -0.39 is 0 Å². The van der Waals surface area contributed by atoms with Crippen molar-refractivity contribution in [3.8, 4) is 0 Å². The third kappa shape index (κ3) is 1.98. The number of hydrogen-bond acceptors (Lipinski definition) is 1. The van der Waals surface area contributed by atoms with E-state index in [-0.39, 0.29) is 11.3 Å². The third-order valence-corrected chi connectivity index (χ3v) is 4.20. The lowest BCUT2D eigenvalue weighted by Crippen LogP contribution is -2.23. The number of rotatable bonds is 4. The predicted octanol–water partition coefficient (Wildman–Crippen LogP) is 3.58. The van der Waals surface area contributed by atoms with Gasteiger partial charge in [-0.05, 0) is 30.5 Å². The van der Waals surface area contributed by atoms with Crippen molar-refractivity contribution in [2.75, 3.05) is 5.33 Å². The van der Waals surface area contributed by atoms with Crippen LogP contribution in [0.2, 0.25) is 5.02 Å². The molecule has 0 bridgehead atoms. The van der Waals surface area contributed by atoms with Crippen LogP contribution in [0.25, 0.3) is 0 Å². The Morgan fingerprint density at radius 2 is 2.00 bits per heavy atom. The second-order valence-electron chi connectivity index (χ2n) is 4.06. The first-order valence-corrected chi connectivity index (χ1v) is 6.50. The first-order chi connectivity index (χ1) is 7.23. The molecule has 3 heteroatoms. The minimum atomic E-state index is 0.0792. The van der Waals surface area contributed by atoms with Gasteiger partial charge in [-0.3, -0.25) is 0 Å². The minimum absolute atomic E-state index is 0.0792. The van der Waals surface area contributed by atoms with Crippen LogP contribution >= 0.6 is 27.5 Å². The molecule has 1 aliphatic rings. The summed E-state index contributed by atoms with van der Waals surface area (Å²) in [5.74, 6) is 0.0821. The topological polar surface area (TPSA) is 17.1 Å². The van der Waals surface area contributed by atoms with Crippen molar-refractivity contribution in [1.82, 2.24) is 0 Å². The SMILES string of the molecule is O=CC(CBr)C1(c2ccc(Cl)cc2)CC1. The van der Waals surface area contributed by atoms with Crippen molar-refractivity contribution in [1.29, 1.82) is 0 Å². The molecular formula is C12H12BrClO. The lowest BCUT2D eigenvalue weighted by Gasteiger charge is -2.20. The van der Waals surface area contributed by atoms with E-state index in [1.165, 1.54) is 5.56 Å². The van der Waals surface area contributed by atoms with Gasteiger partial charge in [0.25, 0.3) is 0 Å². The first-order valence-electron chi connectivity index (χ1n) is 5.00. The maximum Gasteiger partial charge on any atom is 0.124 e. The van der Waals surface area contributed by atoms with E-state index in [2.05, 4.69) is 15.9 Å². The van der Waals surface area contributed by atoms with Gasteiger partial charge >= 0.3 is 0 Å². The highest BCUT2D eigenvalue weighted by Gasteiger charge is 2.49. The van der Waals surface area contributed by atoms with Crippen LogP contribution in [0.4, 0.5) is 0 Å². The Hall–Kier alpha value is -0.340. The Balaban J connectivity index is 2.29. The first kappa shape index (κ1) is 11.2. The van der Waals surface area contributed by atoms with Gasteiger partial charge in [0.1, 0.15) is 6.29 Å². The number of halogens is 2. The van der Waals surface area contributed by atoms with Crippen LogP contribution in [-0.4, -0.2) is 11.6 Å². The number of hydrogen-bond donors (Lipinski definition) is 0. The van der Waals surface area contributed by atoms with Crippen LogP contribution in [0.15, 0.2) is 24.3 Å². The minimum Gasteiger partial charge on any atom is -0.303 e. The van der Waals surface area contributed by atoms with E-state index in [9.17, 15) is 4.79 Å². The molecule has 1 aliphatic carbocycles. The van der Waals surface area contributed by atoms with Crippen molar-refractivity contribution in [3.63, 3.8) is 0 Å². The molecule has 2 rings (SSSR count). The van der Waals surface area contributed by atoms with Crippen molar-refractivity contribution in [2.45, 2.75) is 18.3 Å². The molecule has 1 nitrogen and oxygen atoms in total. The highest BCUT2D eigenvalue weighted by Crippen LogP contribution is 2.53. The van der Waals surface area contributed by atoms with Crippen LogP contribution in [0.3, 0.4) is 0 Å². The summed E-state index contributed by atoms with van der Waals surface area (Å²) >= 11 is 9.26. The molecule has 0 N–H and O–H groups in total. The van der Waals surface area contributed by atoms with E-state index in [4.69, 9.17) is 11.6 Å². The summed E-state index contributed by atoms with van der Waals surface area (Å²) in [5, 5.41) is 1.48. The fourth-order valence-corrected chi connectivity index (χ4v) is 3.00. The summed E-state index contributed by atoms with van der Waals surface area (Å²) in [4.78, 5) is 11.0. The number of carbonyl (C=O) groups is 1. The lowest BCUT2D eigenvalue weighted by molar-refractivity contribution is -0.111. The number of benzene rings is 1. The van der Waals surface area contributed by atoms with E-state index in [1.807, 2.05) is 24.3 Å². The van der Waals surface area contributed by atoms with Crippen molar-refractivity contribution < 1.29 is 4.79 Å². The van der Waals surface area contributed by atoms with E-state index in [1.54, 1.807) is 0 Å². The van der Waals surface area contributed by atoms with Crippen LogP contribution < -0.4 is 0 Å². The van der Waals surface area contributed by atoms with Crippen molar-refractivity contribution in [2.24, 2.45) is 5.92 Å². The van der Waals surface area contributed by atoms with Gasteiger partial charge in [0.05, 0.1) is 0 Å². The number of carbonyl (C=O) groups excluding carboxylic acids is 1. The summed E-state index contributed by atoms with van der Waals surface area (Å²) in [5.41, 5.74) is 1.32. The summed E-state index contributed by atoms with van der Waals surface area (Å²) in [7, 11) is 0. The second-order valence-corrected chi connectivity index (χ2v) is 5.14. The van der Waals surface area contributed by atoms with E-state index in [0.29, 0.717) is 0 Å². The van der Waals surface area contributed by atoms with Gasteiger partial charge in [-0.1, -0.05) is 39.7 Å². The summed E-state index contributed by atoms with van der Waals surface area (Å²) in [6.45, 7) is 0. The van der Waals surface area contributed by atoms with E-state index in [0.717, 1.165) is 29.5 Å². The Morgan fingerprint density at radius 3 is 2.40 bits per heavy atom. The molecule has 15 heavy (non-hydrogen) atoms. The molecular weight excluding hydrogens is 275 g/mol. The van der Waals surface area contributed by atoms with Gasteiger partial charge in [0.15, 0.2) is 0 Å². The Morgan fingerprint density at radius 1 is 1.40 bits per heavy atom. The maximum atomic E-state index is 11.0. The summed E-state index contributed by atoms with van der Waals surface area (Å²) in [6.07, 6.45) is 3.27. The standard InChI is InChI=1S/C12H12BrClO/c13-7-10(8-15)12(5-6-12)9-1-3-11(14)4-2-9/h1-4,8,10H,5-7H2. The molecule has 0 aliphatic heterocycles. The van der Waals surface area contributed by atoms with Crippen LogP contribution in [0.1, 0.15) is 18.4 Å². The fraction of sp³-hybridized carbons (Fsp3) is 0.417. The molecule has 1 aromatic carbocycles. The Bertz CT molecular complexity index is 356. The van der Waals surface area contributed by atoms with Crippen molar-refractivity contribution >= 4 is 33.8 Å². The normalized spacial score (nSPS) is 19.6. The molecule has 0 radical (unpaired) electrons. The lowest BCUT2D eigenvalue weighted by atomic mass is 9.85. The molecule has 1 fully saturated rings. The average Bonchev–Trinajstić information content (AvgIpc) is 3.02. The maximum absolute atomic E-state index is 11.0. The van der Waals surface area contributed by atoms with Crippen LogP contribution in [-0.2, 0) is 10.2 Å². The molecule has 1 saturated carbocycles. The highest BCUT2D eigenvalue weighted by molar-refractivity contribution is 9.09. The van der Waals surface area contributed by atoms with Crippen LogP contribution in [0.5, 0.6) is 0 Å². The molecule has 1 atom stereocenters. The molecule has 1 unspecified atom stereocenters. The molecule has 0 heterocycles. The van der Waals surface area contributed by atoms with E-state index >= 15 is 0 Å². The fourth-order valence-electron chi connectivity index (χ4n) is 2.10. The molecule has 80 valence electrons. The smallest absolute Gasteiger partial charge is 0.124 e. The predicted molar refractivity (Wildman–Crippen MR) is 65.7 cm³/mol. The van der Waals surface area contributed by atoms with Gasteiger partial charge in [-0.2, -0.15) is 0 Å². The molecule has 0 saturated heterocycles. The largest absolute Gasteiger partial charge is 0.303 e. The zero-order valence-corrected chi connectivity index (χ0v) is 10.6.